The second kappa shape index (κ2) is 2.84. The lowest BCUT2D eigenvalue weighted by Gasteiger charge is -2.34. The zero-order chi connectivity index (χ0) is 7.57. The van der Waals surface area contributed by atoms with Crippen LogP contribution in [0.2, 0.25) is 0 Å². The van der Waals surface area contributed by atoms with Gasteiger partial charge in [0.25, 0.3) is 0 Å². The fraction of sp³-hybridized carbons (Fsp3) is 0.636. The Hall–Kier alpha value is -0.520. The second-order valence-corrected chi connectivity index (χ2v) is 3.91. The monoisotopic (exact) mass is 148 g/mol. The summed E-state index contributed by atoms with van der Waals surface area (Å²) in [5.74, 6) is 0. The van der Waals surface area contributed by atoms with Crippen LogP contribution in [-0.4, -0.2) is 0 Å². The lowest BCUT2D eigenvalue weighted by molar-refractivity contribution is 0.258. The second-order valence-electron chi connectivity index (χ2n) is 3.91. The van der Waals surface area contributed by atoms with E-state index in [0.717, 1.165) is 0 Å². The van der Waals surface area contributed by atoms with E-state index in [0.29, 0.717) is 5.41 Å². The van der Waals surface area contributed by atoms with Gasteiger partial charge in [0, 0.05) is 0 Å². The van der Waals surface area contributed by atoms with Crippen molar-refractivity contribution in [2.75, 3.05) is 0 Å². The first kappa shape index (κ1) is 7.15. The van der Waals surface area contributed by atoms with Crippen LogP contribution in [0.4, 0.5) is 0 Å². The van der Waals surface area contributed by atoms with Crippen LogP contribution in [0.25, 0.3) is 0 Å². The highest BCUT2D eigenvalue weighted by Gasteiger charge is 2.28. The summed E-state index contributed by atoms with van der Waals surface area (Å²) in [4.78, 5) is 0. The Morgan fingerprint density at radius 3 is 2.36 bits per heavy atom. The van der Waals surface area contributed by atoms with Crippen molar-refractivity contribution in [2.45, 2.75) is 38.5 Å². The molecular weight excluding hydrogens is 132 g/mol. The summed E-state index contributed by atoms with van der Waals surface area (Å²) in [6.45, 7) is 0. The van der Waals surface area contributed by atoms with E-state index >= 15 is 0 Å². The van der Waals surface area contributed by atoms with Gasteiger partial charge in [0.1, 0.15) is 0 Å². The molecule has 0 atom stereocenters. The smallest absolute Gasteiger partial charge is 0.00805 e. The van der Waals surface area contributed by atoms with Crippen LogP contribution in [0, 0.1) is 5.41 Å². The summed E-state index contributed by atoms with van der Waals surface area (Å²) in [6.07, 6.45) is 17.7. The van der Waals surface area contributed by atoms with Gasteiger partial charge < -0.3 is 0 Å². The van der Waals surface area contributed by atoms with E-state index in [1.165, 1.54) is 38.5 Å². The molecule has 0 aromatic rings. The van der Waals surface area contributed by atoms with E-state index in [1.54, 1.807) is 0 Å². The quantitative estimate of drug-likeness (QED) is 0.493. The molecule has 0 amide bonds. The third kappa shape index (κ3) is 1.40. The largest absolute Gasteiger partial charge is 0.0837 e. The molecule has 0 radical (unpaired) electrons. The predicted molar refractivity (Wildman–Crippen MR) is 48.4 cm³/mol. The summed E-state index contributed by atoms with van der Waals surface area (Å²) >= 11 is 0. The molecule has 0 bridgehead atoms. The number of hydrogen-bond acceptors (Lipinski definition) is 0. The van der Waals surface area contributed by atoms with Crippen molar-refractivity contribution >= 4 is 0 Å². The van der Waals surface area contributed by atoms with Crippen LogP contribution in [0.5, 0.6) is 0 Å². The molecule has 0 aliphatic heterocycles. The van der Waals surface area contributed by atoms with Gasteiger partial charge in [-0.2, -0.15) is 0 Å². The predicted octanol–water partition coefficient (Wildman–Crippen LogP) is 3.45. The molecule has 0 unspecified atom stereocenters. The summed E-state index contributed by atoms with van der Waals surface area (Å²) in [7, 11) is 0. The molecule has 2 aliphatic carbocycles. The van der Waals surface area contributed by atoms with Crippen molar-refractivity contribution in [1.29, 1.82) is 0 Å². The Balaban J connectivity index is 2.08. The SMILES string of the molecule is C1=CCC2(C=C1)CCCCC2. The Labute approximate surface area is 69.0 Å². The molecule has 0 aromatic heterocycles. The Morgan fingerprint density at radius 2 is 1.73 bits per heavy atom. The minimum absolute atomic E-state index is 0.590. The van der Waals surface area contributed by atoms with Gasteiger partial charge in [-0.15, -0.1) is 0 Å². The van der Waals surface area contributed by atoms with Crippen molar-refractivity contribution in [3.05, 3.63) is 24.3 Å². The van der Waals surface area contributed by atoms with Crippen LogP contribution in [-0.2, 0) is 0 Å². The summed E-state index contributed by atoms with van der Waals surface area (Å²) in [5.41, 5.74) is 0.590. The number of allylic oxidation sites excluding steroid dienone is 4. The maximum Gasteiger partial charge on any atom is -0.00805 e. The van der Waals surface area contributed by atoms with E-state index in [4.69, 9.17) is 0 Å². The van der Waals surface area contributed by atoms with Crippen molar-refractivity contribution in [2.24, 2.45) is 5.41 Å². The highest BCUT2D eigenvalue weighted by Crippen LogP contribution is 2.42. The van der Waals surface area contributed by atoms with Crippen LogP contribution in [0.15, 0.2) is 24.3 Å². The standard InChI is InChI=1S/C11H16/c1-3-7-11(8-4-1)9-5-2-6-10-11/h1,3-4,7H,2,5-6,8-10H2. The van der Waals surface area contributed by atoms with Gasteiger partial charge >= 0.3 is 0 Å². The maximum absolute atomic E-state index is 2.44. The molecule has 0 heterocycles. The molecule has 0 nitrogen and oxygen atoms in total. The summed E-state index contributed by atoms with van der Waals surface area (Å²) in [5, 5.41) is 0. The van der Waals surface area contributed by atoms with Gasteiger partial charge in [-0.25, -0.2) is 0 Å². The fourth-order valence-electron chi connectivity index (χ4n) is 2.34. The molecule has 2 rings (SSSR count). The third-order valence-corrected chi connectivity index (χ3v) is 3.07. The molecule has 1 fully saturated rings. The number of rotatable bonds is 0. The third-order valence-electron chi connectivity index (χ3n) is 3.07. The van der Waals surface area contributed by atoms with Gasteiger partial charge in [-0.05, 0) is 24.7 Å². The van der Waals surface area contributed by atoms with Crippen molar-refractivity contribution in [3.63, 3.8) is 0 Å². The lowest BCUT2D eigenvalue weighted by Crippen LogP contribution is -2.21. The molecule has 1 spiro atoms. The van der Waals surface area contributed by atoms with Gasteiger partial charge in [0.2, 0.25) is 0 Å². The Kier molecular flexibility index (Phi) is 1.85. The summed E-state index contributed by atoms with van der Waals surface area (Å²) < 4.78 is 0. The van der Waals surface area contributed by atoms with E-state index in [1.807, 2.05) is 0 Å². The molecule has 0 aromatic carbocycles. The first-order valence-electron chi connectivity index (χ1n) is 4.76. The van der Waals surface area contributed by atoms with Crippen molar-refractivity contribution in [3.8, 4) is 0 Å². The zero-order valence-electron chi connectivity index (χ0n) is 7.05. The van der Waals surface area contributed by atoms with Crippen LogP contribution < -0.4 is 0 Å². The molecule has 60 valence electrons. The highest BCUT2D eigenvalue weighted by atomic mass is 14.3. The van der Waals surface area contributed by atoms with Gasteiger partial charge in [0.15, 0.2) is 0 Å². The van der Waals surface area contributed by atoms with Crippen molar-refractivity contribution in [1.82, 2.24) is 0 Å². The van der Waals surface area contributed by atoms with Crippen molar-refractivity contribution < 1.29 is 0 Å². The molecule has 0 saturated heterocycles. The van der Waals surface area contributed by atoms with E-state index in [-0.39, 0.29) is 0 Å². The Bertz CT molecular complexity index is 180. The minimum Gasteiger partial charge on any atom is -0.0837 e. The average Bonchev–Trinajstić information content (AvgIpc) is 2.07. The molecule has 0 N–H and O–H groups in total. The van der Waals surface area contributed by atoms with E-state index in [2.05, 4.69) is 24.3 Å². The molecule has 11 heavy (non-hydrogen) atoms. The van der Waals surface area contributed by atoms with Gasteiger partial charge in [0.05, 0.1) is 0 Å². The first-order chi connectivity index (χ1) is 5.41. The molecule has 1 saturated carbocycles. The van der Waals surface area contributed by atoms with Crippen LogP contribution >= 0.6 is 0 Å². The van der Waals surface area contributed by atoms with E-state index in [9.17, 15) is 0 Å². The lowest BCUT2D eigenvalue weighted by atomic mass is 9.70. The van der Waals surface area contributed by atoms with Crippen LogP contribution in [0.1, 0.15) is 38.5 Å². The zero-order valence-corrected chi connectivity index (χ0v) is 7.05. The topological polar surface area (TPSA) is 0 Å². The van der Waals surface area contributed by atoms with Crippen LogP contribution in [0.3, 0.4) is 0 Å². The van der Waals surface area contributed by atoms with E-state index < -0.39 is 0 Å². The first-order valence-corrected chi connectivity index (χ1v) is 4.76. The summed E-state index contributed by atoms with van der Waals surface area (Å²) in [6, 6.07) is 0. The number of hydrogen-bond donors (Lipinski definition) is 0. The molecule has 0 heteroatoms. The fourth-order valence-corrected chi connectivity index (χ4v) is 2.34. The molecular formula is C11H16. The van der Waals surface area contributed by atoms with Gasteiger partial charge in [-0.1, -0.05) is 43.6 Å². The highest BCUT2D eigenvalue weighted by molar-refractivity contribution is 5.16. The maximum atomic E-state index is 2.44. The normalized spacial score (nSPS) is 27.6. The average molecular weight is 148 g/mol. The Morgan fingerprint density at radius 1 is 0.909 bits per heavy atom. The molecule has 2 aliphatic rings. The van der Waals surface area contributed by atoms with Gasteiger partial charge in [-0.3, -0.25) is 0 Å². The minimum atomic E-state index is 0.590.